The molecule has 0 aliphatic carbocycles. The van der Waals surface area contributed by atoms with Crippen molar-refractivity contribution in [2.24, 2.45) is 0 Å². The lowest BCUT2D eigenvalue weighted by molar-refractivity contribution is -0.140. The average Bonchev–Trinajstić information content (AvgIpc) is 3.20. The van der Waals surface area contributed by atoms with Crippen LogP contribution in [-0.2, 0) is 22.3 Å². The molecule has 4 heterocycles. The number of rotatable bonds is 7. The molecule has 0 saturated carbocycles. The Kier molecular flexibility index (Phi) is 6.97. The number of carbonyl (C=O) groups is 1. The van der Waals surface area contributed by atoms with E-state index in [0.29, 0.717) is 37.1 Å². The number of nitrogens with zero attached hydrogens (tertiary/aromatic N) is 7. The van der Waals surface area contributed by atoms with Crippen LogP contribution in [0, 0.1) is 0 Å². The second-order valence-electron chi connectivity index (χ2n) is 7.46. The minimum absolute atomic E-state index is 0.00976. The molecule has 0 spiro atoms. The molecule has 0 aromatic carbocycles. The molecule has 1 saturated heterocycles. The molecule has 11 nitrogen and oxygen atoms in total. The van der Waals surface area contributed by atoms with Crippen molar-refractivity contribution in [3.8, 4) is 0 Å². The average molecular weight is 501 g/mol. The molecule has 182 valence electrons. The van der Waals surface area contributed by atoms with Gasteiger partial charge in [-0.2, -0.15) is 23.4 Å². The van der Waals surface area contributed by atoms with E-state index >= 15 is 0 Å². The van der Waals surface area contributed by atoms with Gasteiger partial charge in [0.2, 0.25) is 11.9 Å². The van der Waals surface area contributed by atoms with Crippen LogP contribution >= 0.6 is 11.6 Å². The van der Waals surface area contributed by atoms with Crippen LogP contribution in [0.1, 0.15) is 12.1 Å². The third-order valence-corrected chi connectivity index (χ3v) is 5.47. The van der Waals surface area contributed by atoms with E-state index in [4.69, 9.17) is 16.3 Å². The number of hydrogen-bond acceptors (Lipinski definition) is 8. The zero-order valence-electron chi connectivity index (χ0n) is 17.8. The SMILES string of the molecule is O=C(CCOCCn1nc(C(F)(F)F)c2c(=O)[nH]ncc21)N1CCN(c2ncc(Cl)cn2)CC1. The van der Waals surface area contributed by atoms with E-state index in [0.717, 1.165) is 10.9 Å². The summed E-state index contributed by atoms with van der Waals surface area (Å²) in [4.78, 5) is 36.3. The van der Waals surface area contributed by atoms with Gasteiger partial charge in [-0.1, -0.05) is 11.6 Å². The van der Waals surface area contributed by atoms with Crippen LogP contribution in [0.3, 0.4) is 0 Å². The second kappa shape index (κ2) is 9.93. The van der Waals surface area contributed by atoms with Crippen LogP contribution in [0.25, 0.3) is 10.9 Å². The number of aromatic amines is 1. The number of alkyl halides is 3. The van der Waals surface area contributed by atoms with Gasteiger partial charge in [0.15, 0.2) is 5.69 Å². The van der Waals surface area contributed by atoms with Crippen LogP contribution in [-0.4, -0.2) is 80.1 Å². The molecular weight excluding hydrogens is 481 g/mol. The zero-order valence-corrected chi connectivity index (χ0v) is 18.5. The molecule has 1 aliphatic rings. The van der Waals surface area contributed by atoms with E-state index in [9.17, 15) is 22.8 Å². The second-order valence-corrected chi connectivity index (χ2v) is 7.90. The lowest BCUT2D eigenvalue weighted by Gasteiger charge is -2.34. The van der Waals surface area contributed by atoms with Crippen LogP contribution in [0.15, 0.2) is 23.4 Å². The molecule has 1 amide bonds. The number of carbonyl (C=O) groups excluding carboxylic acids is 1. The highest BCUT2D eigenvalue weighted by molar-refractivity contribution is 6.30. The zero-order chi connectivity index (χ0) is 24.3. The topological polar surface area (TPSA) is 122 Å². The molecule has 1 fully saturated rings. The quantitative estimate of drug-likeness (QED) is 0.482. The Hall–Kier alpha value is -3.26. The van der Waals surface area contributed by atoms with E-state index in [1.165, 1.54) is 12.4 Å². The lowest BCUT2D eigenvalue weighted by atomic mass is 10.2. The highest BCUT2D eigenvalue weighted by Gasteiger charge is 2.38. The fourth-order valence-corrected chi connectivity index (χ4v) is 3.70. The van der Waals surface area contributed by atoms with E-state index in [1.54, 1.807) is 4.90 Å². The Morgan fingerprint density at radius 3 is 2.50 bits per heavy atom. The van der Waals surface area contributed by atoms with Gasteiger partial charge in [-0.05, 0) is 0 Å². The predicted molar refractivity (Wildman–Crippen MR) is 114 cm³/mol. The van der Waals surface area contributed by atoms with Crippen molar-refractivity contribution in [2.75, 3.05) is 44.3 Å². The Bertz CT molecular complexity index is 1210. The van der Waals surface area contributed by atoms with Gasteiger partial charge in [0.05, 0.1) is 55.3 Å². The van der Waals surface area contributed by atoms with E-state index in [1.807, 2.05) is 10.00 Å². The van der Waals surface area contributed by atoms with Crippen molar-refractivity contribution in [1.29, 1.82) is 0 Å². The van der Waals surface area contributed by atoms with Gasteiger partial charge in [0.1, 0.15) is 5.39 Å². The molecule has 34 heavy (non-hydrogen) atoms. The van der Waals surface area contributed by atoms with Gasteiger partial charge in [-0.15, -0.1) is 0 Å². The number of piperazine rings is 1. The van der Waals surface area contributed by atoms with Gasteiger partial charge >= 0.3 is 6.18 Å². The van der Waals surface area contributed by atoms with E-state index in [-0.39, 0.29) is 37.6 Å². The van der Waals surface area contributed by atoms with Crippen molar-refractivity contribution < 1.29 is 22.7 Å². The summed E-state index contributed by atoms with van der Waals surface area (Å²) >= 11 is 5.80. The summed E-state index contributed by atoms with van der Waals surface area (Å²) in [6, 6.07) is 0. The van der Waals surface area contributed by atoms with Gasteiger partial charge in [-0.3, -0.25) is 14.3 Å². The summed E-state index contributed by atoms with van der Waals surface area (Å²) < 4.78 is 46.1. The summed E-state index contributed by atoms with van der Waals surface area (Å²) in [7, 11) is 0. The maximum absolute atomic E-state index is 13.2. The monoisotopic (exact) mass is 500 g/mol. The summed E-state index contributed by atoms with van der Waals surface area (Å²) in [6.45, 7) is 2.24. The van der Waals surface area contributed by atoms with Gasteiger partial charge in [0.25, 0.3) is 5.56 Å². The van der Waals surface area contributed by atoms with Crippen molar-refractivity contribution in [3.63, 3.8) is 0 Å². The van der Waals surface area contributed by atoms with Crippen molar-refractivity contribution in [3.05, 3.63) is 39.7 Å². The van der Waals surface area contributed by atoms with Gasteiger partial charge < -0.3 is 14.5 Å². The van der Waals surface area contributed by atoms with Crippen molar-refractivity contribution in [2.45, 2.75) is 19.1 Å². The van der Waals surface area contributed by atoms with Gasteiger partial charge in [0, 0.05) is 26.2 Å². The molecule has 0 atom stereocenters. The number of anilines is 1. The fraction of sp³-hybridized carbons (Fsp3) is 0.474. The molecule has 4 rings (SSSR count). The van der Waals surface area contributed by atoms with Crippen LogP contribution in [0.5, 0.6) is 0 Å². The maximum atomic E-state index is 13.2. The Morgan fingerprint density at radius 2 is 1.82 bits per heavy atom. The van der Waals surface area contributed by atoms with Crippen molar-refractivity contribution in [1.82, 2.24) is 34.8 Å². The summed E-state index contributed by atoms with van der Waals surface area (Å²) in [5.74, 6) is 0.466. The maximum Gasteiger partial charge on any atom is 0.435 e. The van der Waals surface area contributed by atoms with Crippen LogP contribution in [0.4, 0.5) is 19.1 Å². The standard InChI is InChI=1S/C19H20ClF3N8O3/c20-12-9-24-18(25-10-12)30-4-2-29(3-5-30)14(32)1-7-34-8-6-31-13-11-26-27-17(33)15(13)16(28-31)19(21,22)23/h9-11H,1-8H2,(H,27,33). The number of amides is 1. The van der Waals surface area contributed by atoms with Crippen LogP contribution < -0.4 is 10.5 Å². The number of aromatic nitrogens is 6. The molecule has 3 aromatic rings. The summed E-state index contributed by atoms with van der Waals surface area (Å²) in [6.07, 6.45) is -0.509. The largest absolute Gasteiger partial charge is 0.435 e. The number of halogens is 4. The molecular formula is C19H20ClF3N8O3. The van der Waals surface area contributed by atoms with Crippen molar-refractivity contribution >= 4 is 34.4 Å². The first-order valence-corrected chi connectivity index (χ1v) is 10.7. The molecule has 3 aromatic heterocycles. The minimum atomic E-state index is -4.78. The van der Waals surface area contributed by atoms with Gasteiger partial charge in [-0.25, -0.2) is 15.1 Å². The first-order chi connectivity index (χ1) is 16.2. The normalized spacial score (nSPS) is 14.7. The number of fused-ring (bicyclic) bond motifs is 1. The number of nitrogens with one attached hydrogen (secondary N) is 1. The smallest absolute Gasteiger partial charge is 0.379 e. The molecule has 1 aliphatic heterocycles. The summed E-state index contributed by atoms with van der Waals surface area (Å²) in [5.41, 5.74) is -2.28. The highest BCUT2D eigenvalue weighted by atomic mass is 35.5. The highest BCUT2D eigenvalue weighted by Crippen LogP contribution is 2.32. The number of hydrogen-bond donors (Lipinski definition) is 1. The Balaban J connectivity index is 1.24. The molecule has 1 N–H and O–H groups in total. The number of H-pyrrole nitrogens is 1. The Morgan fingerprint density at radius 1 is 1.12 bits per heavy atom. The molecule has 0 radical (unpaired) electrons. The van der Waals surface area contributed by atoms with Crippen LogP contribution in [0.2, 0.25) is 5.02 Å². The lowest BCUT2D eigenvalue weighted by Crippen LogP contribution is -2.49. The first-order valence-electron chi connectivity index (χ1n) is 10.3. The molecule has 15 heteroatoms. The molecule has 0 unspecified atom stereocenters. The third-order valence-electron chi connectivity index (χ3n) is 5.27. The third kappa shape index (κ3) is 5.28. The van der Waals surface area contributed by atoms with E-state index in [2.05, 4.69) is 20.2 Å². The number of ether oxygens (including phenoxy) is 1. The Labute approximate surface area is 195 Å². The summed E-state index contributed by atoms with van der Waals surface area (Å²) in [5, 5.41) is 8.93. The van der Waals surface area contributed by atoms with E-state index < -0.39 is 22.8 Å². The minimum Gasteiger partial charge on any atom is -0.379 e. The fourth-order valence-electron chi connectivity index (χ4n) is 3.60. The predicted octanol–water partition coefficient (Wildman–Crippen LogP) is 1.34. The first kappa shape index (κ1) is 23.9. The molecule has 0 bridgehead atoms.